The smallest absolute Gasteiger partial charge is 0.239 e. The summed E-state index contributed by atoms with van der Waals surface area (Å²) in [5.74, 6) is 0.461. The summed E-state index contributed by atoms with van der Waals surface area (Å²) in [6.07, 6.45) is 4.44. The molecule has 1 saturated heterocycles. The summed E-state index contributed by atoms with van der Waals surface area (Å²) in [5.41, 5.74) is 6.59. The third-order valence-corrected chi connectivity index (χ3v) is 5.31. The van der Waals surface area contributed by atoms with Crippen LogP contribution in [0.4, 0.5) is 5.69 Å². The van der Waals surface area contributed by atoms with E-state index in [-0.39, 0.29) is 12.5 Å². The second-order valence-corrected chi connectivity index (χ2v) is 6.87. The Morgan fingerprint density at radius 1 is 1.36 bits per heavy atom. The summed E-state index contributed by atoms with van der Waals surface area (Å²) in [6.45, 7) is 2.08. The van der Waals surface area contributed by atoms with Crippen molar-refractivity contribution < 1.29 is 9.59 Å². The molecule has 2 aliphatic rings. The van der Waals surface area contributed by atoms with Crippen molar-refractivity contribution in [3.05, 3.63) is 48.0 Å². The molecule has 0 radical (unpaired) electrons. The number of carbonyl (C=O) groups is 2. The fraction of sp³-hybridized carbons (Fsp3) is 0.389. The molecule has 2 N–H and O–H groups in total. The third kappa shape index (κ3) is 2.42. The lowest BCUT2D eigenvalue weighted by molar-refractivity contribution is -0.125. The molecule has 1 spiro atoms. The van der Waals surface area contributed by atoms with E-state index >= 15 is 0 Å². The predicted molar refractivity (Wildman–Crippen MR) is 92.8 cm³/mol. The summed E-state index contributed by atoms with van der Waals surface area (Å²) >= 11 is 0. The number of benzene rings is 1. The summed E-state index contributed by atoms with van der Waals surface area (Å²) in [5, 5.41) is 0. The number of rotatable bonds is 4. The van der Waals surface area contributed by atoms with Crippen molar-refractivity contribution in [2.24, 2.45) is 12.8 Å². The number of likely N-dealkylation sites (tertiary alicyclic amines) is 1. The minimum Gasteiger partial charge on any atom is -0.368 e. The Bertz CT molecular complexity index is 845. The van der Waals surface area contributed by atoms with Gasteiger partial charge in [-0.1, -0.05) is 18.2 Å². The van der Waals surface area contributed by atoms with Crippen LogP contribution >= 0.6 is 0 Å². The number of hydrogen-bond donors (Lipinski definition) is 1. The van der Waals surface area contributed by atoms with E-state index in [2.05, 4.69) is 9.88 Å². The van der Waals surface area contributed by atoms with E-state index < -0.39 is 11.3 Å². The number of amides is 2. The summed E-state index contributed by atoms with van der Waals surface area (Å²) in [6, 6.07) is 7.73. The number of imidazole rings is 1. The van der Waals surface area contributed by atoms with E-state index in [9.17, 15) is 9.59 Å². The van der Waals surface area contributed by atoms with Gasteiger partial charge in [0.05, 0.1) is 12.0 Å². The van der Waals surface area contributed by atoms with Gasteiger partial charge in [0.25, 0.3) is 0 Å². The fourth-order valence-electron chi connectivity index (χ4n) is 4.08. The lowest BCUT2D eigenvalue weighted by Crippen LogP contribution is -2.45. The largest absolute Gasteiger partial charge is 0.368 e. The van der Waals surface area contributed by atoms with Crippen LogP contribution in [0.15, 0.2) is 36.7 Å². The van der Waals surface area contributed by atoms with Crippen LogP contribution in [-0.4, -0.2) is 45.9 Å². The predicted octanol–water partition coefficient (Wildman–Crippen LogP) is 0.396. The molecule has 2 aliphatic heterocycles. The van der Waals surface area contributed by atoms with Crippen LogP contribution in [0.1, 0.15) is 17.8 Å². The number of primary amides is 1. The highest BCUT2D eigenvalue weighted by atomic mass is 16.2. The number of aryl methyl sites for hydroxylation is 1. The Kier molecular flexibility index (Phi) is 3.61. The van der Waals surface area contributed by atoms with Gasteiger partial charge in [-0.15, -0.1) is 0 Å². The first-order chi connectivity index (χ1) is 12.0. The molecule has 2 aromatic rings. The number of para-hydroxylation sites is 1. The molecule has 1 fully saturated rings. The number of fused-ring (bicyclic) bond motifs is 2. The number of carbonyl (C=O) groups excluding carboxylic acids is 2. The second kappa shape index (κ2) is 5.70. The maximum atomic E-state index is 13.2. The number of aromatic nitrogens is 2. The van der Waals surface area contributed by atoms with Gasteiger partial charge in [-0.05, 0) is 18.1 Å². The van der Waals surface area contributed by atoms with Crippen LogP contribution < -0.4 is 10.6 Å². The van der Waals surface area contributed by atoms with E-state index in [1.807, 2.05) is 42.1 Å². The van der Waals surface area contributed by atoms with Crippen molar-refractivity contribution in [2.75, 3.05) is 24.5 Å². The van der Waals surface area contributed by atoms with Crippen molar-refractivity contribution in [3.63, 3.8) is 0 Å². The SMILES string of the molecule is Cn1ccnc1CN1CC[C@]2(C1)C(=O)N(CC(N)=O)c1ccccc12. The quantitative estimate of drug-likeness (QED) is 0.874. The fourth-order valence-corrected chi connectivity index (χ4v) is 4.08. The first-order valence-electron chi connectivity index (χ1n) is 8.39. The Morgan fingerprint density at radius 3 is 2.88 bits per heavy atom. The molecule has 25 heavy (non-hydrogen) atoms. The average molecular weight is 339 g/mol. The van der Waals surface area contributed by atoms with Gasteiger partial charge in [0.1, 0.15) is 12.4 Å². The molecule has 3 heterocycles. The normalized spacial score (nSPS) is 22.8. The molecule has 0 aliphatic carbocycles. The molecule has 0 bridgehead atoms. The van der Waals surface area contributed by atoms with E-state index in [4.69, 9.17) is 5.73 Å². The van der Waals surface area contributed by atoms with Gasteiger partial charge in [-0.2, -0.15) is 0 Å². The van der Waals surface area contributed by atoms with Gasteiger partial charge in [0, 0.05) is 38.2 Å². The van der Waals surface area contributed by atoms with Crippen molar-refractivity contribution in [2.45, 2.75) is 18.4 Å². The minimum absolute atomic E-state index is 0.0187. The maximum absolute atomic E-state index is 13.2. The van der Waals surface area contributed by atoms with Gasteiger partial charge in [-0.3, -0.25) is 14.5 Å². The minimum atomic E-state index is -0.586. The van der Waals surface area contributed by atoms with E-state index in [1.54, 1.807) is 11.1 Å². The molecule has 2 amide bonds. The lowest BCUT2D eigenvalue weighted by atomic mass is 9.81. The summed E-state index contributed by atoms with van der Waals surface area (Å²) in [7, 11) is 1.97. The molecule has 1 atom stereocenters. The Hall–Kier alpha value is -2.67. The molecular formula is C18H21N5O2. The van der Waals surface area contributed by atoms with Crippen LogP contribution in [0.3, 0.4) is 0 Å². The van der Waals surface area contributed by atoms with Crippen LogP contribution in [-0.2, 0) is 28.6 Å². The highest BCUT2D eigenvalue weighted by Gasteiger charge is 2.54. The average Bonchev–Trinajstić information content (AvgIpc) is 3.25. The zero-order valence-electron chi connectivity index (χ0n) is 14.2. The molecule has 1 aromatic carbocycles. The number of nitrogens with two attached hydrogens (primary N) is 1. The number of anilines is 1. The third-order valence-electron chi connectivity index (χ3n) is 5.31. The standard InChI is InChI=1S/C18H21N5O2/c1-21-9-7-20-16(21)11-22-8-6-18(12-22)13-4-2-3-5-14(13)23(17(18)25)10-15(19)24/h2-5,7,9H,6,8,10-12H2,1H3,(H2,19,24)/t18-/m1/s1. The summed E-state index contributed by atoms with van der Waals surface area (Å²) in [4.78, 5) is 32.8. The molecule has 1 aromatic heterocycles. The number of nitrogens with zero attached hydrogens (tertiary/aromatic N) is 4. The van der Waals surface area contributed by atoms with E-state index in [1.165, 1.54) is 0 Å². The van der Waals surface area contributed by atoms with Gasteiger partial charge in [-0.25, -0.2) is 4.98 Å². The monoisotopic (exact) mass is 339 g/mol. The van der Waals surface area contributed by atoms with Crippen molar-refractivity contribution in [3.8, 4) is 0 Å². The van der Waals surface area contributed by atoms with E-state index in [0.717, 1.165) is 30.0 Å². The van der Waals surface area contributed by atoms with Crippen LogP contribution in [0, 0.1) is 0 Å². The molecule has 4 rings (SSSR count). The zero-order chi connectivity index (χ0) is 17.6. The summed E-state index contributed by atoms with van der Waals surface area (Å²) < 4.78 is 1.99. The molecule has 7 heteroatoms. The second-order valence-electron chi connectivity index (χ2n) is 6.87. The van der Waals surface area contributed by atoms with Crippen molar-refractivity contribution in [1.29, 1.82) is 0 Å². The topological polar surface area (TPSA) is 84.5 Å². The van der Waals surface area contributed by atoms with Gasteiger partial charge in [0.15, 0.2) is 0 Å². The van der Waals surface area contributed by atoms with Crippen LogP contribution in [0.5, 0.6) is 0 Å². The molecule has 0 saturated carbocycles. The molecule has 130 valence electrons. The van der Waals surface area contributed by atoms with Gasteiger partial charge in [0.2, 0.25) is 11.8 Å². The van der Waals surface area contributed by atoms with Crippen LogP contribution in [0.25, 0.3) is 0 Å². The lowest BCUT2D eigenvalue weighted by Gasteiger charge is -2.24. The Balaban J connectivity index is 1.64. The molecular weight excluding hydrogens is 318 g/mol. The maximum Gasteiger partial charge on any atom is 0.239 e. The zero-order valence-corrected chi connectivity index (χ0v) is 14.2. The highest BCUT2D eigenvalue weighted by molar-refractivity contribution is 6.11. The van der Waals surface area contributed by atoms with E-state index in [0.29, 0.717) is 13.1 Å². The highest BCUT2D eigenvalue weighted by Crippen LogP contribution is 2.47. The van der Waals surface area contributed by atoms with Crippen LogP contribution in [0.2, 0.25) is 0 Å². The first kappa shape index (κ1) is 15.8. The Labute approximate surface area is 146 Å². The van der Waals surface area contributed by atoms with Crippen molar-refractivity contribution >= 4 is 17.5 Å². The number of hydrogen-bond acceptors (Lipinski definition) is 4. The first-order valence-corrected chi connectivity index (χ1v) is 8.39. The molecule has 0 unspecified atom stereocenters. The van der Waals surface area contributed by atoms with Crippen molar-refractivity contribution in [1.82, 2.24) is 14.5 Å². The molecule has 7 nitrogen and oxygen atoms in total. The van der Waals surface area contributed by atoms with Gasteiger partial charge >= 0.3 is 0 Å². The Morgan fingerprint density at radius 2 is 2.16 bits per heavy atom. The van der Waals surface area contributed by atoms with Gasteiger partial charge < -0.3 is 15.2 Å².